The van der Waals surface area contributed by atoms with Gasteiger partial charge in [0.2, 0.25) is 10.0 Å². The second kappa shape index (κ2) is 7.69. The fourth-order valence-electron chi connectivity index (χ4n) is 1.56. The second-order valence-corrected chi connectivity index (χ2v) is 6.32. The number of methoxy groups -OCH3 is 1. The molecular formula is C12H18ClNO4S. The summed E-state index contributed by atoms with van der Waals surface area (Å²) in [6.45, 7) is 0.0815. The fourth-order valence-corrected chi connectivity index (χ4v) is 2.89. The minimum atomic E-state index is -3.37. The van der Waals surface area contributed by atoms with Gasteiger partial charge in [-0.3, -0.25) is 0 Å². The number of rotatable bonds is 8. The van der Waals surface area contributed by atoms with E-state index in [0.717, 1.165) is 0 Å². The maximum Gasteiger partial charge on any atom is 0.211 e. The van der Waals surface area contributed by atoms with Crippen molar-refractivity contribution in [3.05, 3.63) is 28.8 Å². The number of nitrogens with one attached hydrogen (secondary N) is 1. The van der Waals surface area contributed by atoms with Gasteiger partial charge in [0, 0.05) is 23.7 Å². The average Bonchev–Trinajstić information content (AvgIpc) is 2.37. The van der Waals surface area contributed by atoms with Crippen molar-refractivity contribution in [2.75, 3.05) is 19.5 Å². The van der Waals surface area contributed by atoms with Crippen molar-refractivity contribution in [2.45, 2.75) is 19.4 Å². The van der Waals surface area contributed by atoms with Crippen molar-refractivity contribution < 1.29 is 18.3 Å². The first-order chi connectivity index (χ1) is 9.00. The molecule has 108 valence electrons. The number of aliphatic hydroxyl groups is 1. The quantitative estimate of drug-likeness (QED) is 0.714. The SMILES string of the molecule is COc1cccc(Cl)c1CNS(=O)(=O)CCCCO. The Morgan fingerprint density at radius 1 is 1.37 bits per heavy atom. The summed E-state index contributed by atoms with van der Waals surface area (Å²) >= 11 is 6.02. The van der Waals surface area contributed by atoms with Gasteiger partial charge in [0.1, 0.15) is 5.75 Å². The van der Waals surface area contributed by atoms with Crippen LogP contribution in [0.2, 0.25) is 5.02 Å². The second-order valence-electron chi connectivity index (χ2n) is 3.99. The highest BCUT2D eigenvalue weighted by molar-refractivity contribution is 7.89. The van der Waals surface area contributed by atoms with Gasteiger partial charge in [-0.1, -0.05) is 17.7 Å². The van der Waals surface area contributed by atoms with E-state index in [2.05, 4.69) is 4.72 Å². The Bertz CT molecular complexity index is 504. The third-order valence-corrected chi connectivity index (χ3v) is 4.35. The number of hydrogen-bond acceptors (Lipinski definition) is 4. The first-order valence-corrected chi connectivity index (χ1v) is 7.93. The standard InChI is InChI=1S/C12H18ClNO4S/c1-18-12-6-4-5-11(13)10(12)9-14-19(16,17)8-3-2-7-15/h4-6,14-15H,2-3,7-9H2,1H3. The van der Waals surface area contributed by atoms with E-state index < -0.39 is 10.0 Å². The first kappa shape index (κ1) is 16.2. The summed E-state index contributed by atoms with van der Waals surface area (Å²) in [4.78, 5) is 0. The zero-order valence-corrected chi connectivity index (χ0v) is 12.3. The number of halogens is 1. The molecule has 0 saturated carbocycles. The largest absolute Gasteiger partial charge is 0.496 e. The van der Waals surface area contributed by atoms with Gasteiger partial charge in [-0.2, -0.15) is 0 Å². The summed E-state index contributed by atoms with van der Waals surface area (Å²) < 4.78 is 31.0. The van der Waals surface area contributed by atoms with Crippen molar-refractivity contribution in [1.29, 1.82) is 0 Å². The number of unbranched alkanes of at least 4 members (excludes halogenated alkanes) is 1. The van der Waals surface area contributed by atoms with Crippen LogP contribution in [0.1, 0.15) is 18.4 Å². The normalized spacial score (nSPS) is 11.5. The van der Waals surface area contributed by atoms with Crippen LogP contribution >= 0.6 is 11.6 Å². The zero-order chi connectivity index (χ0) is 14.3. The van der Waals surface area contributed by atoms with Gasteiger partial charge >= 0.3 is 0 Å². The molecule has 1 aromatic carbocycles. The van der Waals surface area contributed by atoms with Crippen molar-refractivity contribution >= 4 is 21.6 Å². The number of hydrogen-bond donors (Lipinski definition) is 2. The third-order valence-electron chi connectivity index (χ3n) is 2.59. The maximum atomic E-state index is 11.7. The monoisotopic (exact) mass is 307 g/mol. The summed E-state index contributed by atoms with van der Waals surface area (Å²) in [5.74, 6) is 0.533. The molecule has 0 fully saturated rings. The van der Waals surface area contributed by atoms with Gasteiger partial charge in [-0.15, -0.1) is 0 Å². The molecule has 0 unspecified atom stereocenters. The number of sulfonamides is 1. The van der Waals surface area contributed by atoms with E-state index in [9.17, 15) is 8.42 Å². The minimum absolute atomic E-state index is 0.00609. The molecule has 0 bridgehead atoms. The zero-order valence-electron chi connectivity index (χ0n) is 10.7. The molecule has 0 aromatic heterocycles. The summed E-state index contributed by atoms with van der Waals surface area (Å²) in [7, 11) is -1.86. The fraction of sp³-hybridized carbons (Fsp3) is 0.500. The van der Waals surface area contributed by atoms with Crippen LogP contribution in [0.5, 0.6) is 5.75 Å². The van der Waals surface area contributed by atoms with E-state index in [1.807, 2.05) is 0 Å². The highest BCUT2D eigenvalue weighted by Gasteiger charge is 2.13. The number of ether oxygens (including phenoxy) is 1. The lowest BCUT2D eigenvalue weighted by atomic mass is 10.2. The topological polar surface area (TPSA) is 75.6 Å². The third kappa shape index (κ3) is 5.36. The molecule has 0 atom stereocenters. The van der Waals surface area contributed by atoms with Crippen LogP contribution in [0, 0.1) is 0 Å². The van der Waals surface area contributed by atoms with Crippen molar-refractivity contribution in [2.24, 2.45) is 0 Å². The van der Waals surface area contributed by atoms with Crippen molar-refractivity contribution in [3.8, 4) is 5.75 Å². The van der Waals surface area contributed by atoms with Gasteiger partial charge in [0.15, 0.2) is 0 Å². The van der Waals surface area contributed by atoms with Crippen LogP contribution in [0.4, 0.5) is 0 Å². The van der Waals surface area contributed by atoms with Crippen LogP contribution in [0.15, 0.2) is 18.2 Å². The van der Waals surface area contributed by atoms with Gasteiger partial charge in [-0.05, 0) is 25.0 Å². The molecule has 0 radical (unpaired) electrons. The Labute approximate surface area is 118 Å². The molecule has 1 rings (SSSR count). The van der Waals surface area contributed by atoms with E-state index in [4.69, 9.17) is 21.4 Å². The molecule has 0 saturated heterocycles. The molecule has 0 amide bonds. The highest BCUT2D eigenvalue weighted by atomic mass is 35.5. The van der Waals surface area contributed by atoms with Crippen LogP contribution in [-0.2, 0) is 16.6 Å². The molecule has 19 heavy (non-hydrogen) atoms. The molecule has 0 heterocycles. The van der Waals surface area contributed by atoms with Crippen LogP contribution in [0.3, 0.4) is 0 Å². The summed E-state index contributed by atoms with van der Waals surface area (Å²) in [6.07, 6.45) is 0.891. The predicted octanol–water partition coefficient (Wildman–Crippen LogP) is 1.54. The summed E-state index contributed by atoms with van der Waals surface area (Å²) in [5.41, 5.74) is 0.609. The van der Waals surface area contributed by atoms with Gasteiger partial charge < -0.3 is 9.84 Å². The number of benzene rings is 1. The van der Waals surface area contributed by atoms with E-state index in [0.29, 0.717) is 29.2 Å². The number of aliphatic hydroxyl groups excluding tert-OH is 1. The Hall–Kier alpha value is -0.820. The highest BCUT2D eigenvalue weighted by Crippen LogP contribution is 2.26. The lowest BCUT2D eigenvalue weighted by Gasteiger charge is -2.11. The van der Waals surface area contributed by atoms with E-state index in [1.165, 1.54) is 7.11 Å². The molecule has 5 nitrogen and oxygen atoms in total. The van der Waals surface area contributed by atoms with Gasteiger partial charge in [0.05, 0.1) is 12.9 Å². The molecule has 0 aliphatic carbocycles. The Morgan fingerprint density at radius 2 is 2.11 bits per heavy atom. The van der Waals surface area contributed by atoms with Gasteiger partial charge in [0.25, 0.3) is 0 Å². The summed E-state index contributed by atoms with van der Waals surface area (Å²) in [6, 6.07) is 5.14. The Morgan fingerprint density at radius 3 is 2.74 bits per heavy atom. The van der Waals surface area contributed by atoms with E-state index >= 15 is 0 Å². The van der Waals surface area contributed by atoms with Crippen LogP contribution in [-0.4, -0.2) is 33.0 Å². The van der Waals surface area contributed by atoms with Gasteiger partial charge in [-0.25, -0.2) is 13.1 Å². The van der Waals surface area contributed by atoms with Crippen molar-refractivity contribution in [1.82, 2.24) is 4.72 Å². The predicted molar refractivity (Wildman–Crippen MR) is 75.0 cm³/mol. The molecule has 1 aromatic rings. The van der Waals surface area contributed by atoms with Crippen molar-refractivity contribution in [3.63, 3.8) is 0 Å². The lowest BCUT2D eigenvalue weighted by Crippen LogP contribution is -2.26. The smallest absolute Gasteiger partial charge is 0.211 e. The molecular weight excluding hydrogens is 290 g/mol. The Balaban J connectivity index is 2.66. The molecule has 7 heteroatoms. The maximum absolute atomic E-state index is 11.7. The molecule has 0 aliphatic rings. The average molecular weight is 308 g/mol. The molecule has 0 aliphatic heterocycles. The Kier molecular flexibility index (Phi) is 6.57. The molecule has 2 N–H and O–H groups in total. The van der Waals surface area contributed by atoms with E-state index in [1.54, 1.807) is 18.2 Å². The van der Waals surface area contributed by atoms with Crippen LogP contribution < -0.4 is 9.46 Å². The first-order valence-electron chi connectivity index (χ1n) is 5.89. The van der Waals surface area contributed by atoms with E-state index in [-0.39, 0.29) is 18.9 Å². The lowest BCUT2D eigenvalue weighted by molar-refractivity contribution is 0.287. The summed E-state index contributed by atoms with van der Waals surface area (Å²) in [5, 5.41) is 9.08. The minimum Gasteiger partial charge on any atom is -0.496 e. The van der Waals surface area contributed by atoms with Crippen LogP contribution in [0.25, 0.3) is 0 Å². The molecule has 0 spiro atoms.